The number of amides is 1. The third-order valence-electron chi connectivity index (χ3n) is 4.22. The van der Waals surface area contributed by atoms with Gasteiger partial charge in [0.15, 0.2) is 0 Å². The molecule has 0 aliphatic carbocycles. The summed E-state index contributed by atoms with van der Waals surface area (Å²) in [7, 11) is 0. The summed E-state index contributed by atoms with van der Waals surface area (Å²) in [5.74, 6) is -1.43. The van der Waals surface area contributed by atoms with E-state index in [2.05, 4.69) is 5.32 Å². The van der Waals surface area contributed by atoms with E-state index < -0.39 is 5.97 Å². The molecule has 0 heterocycles. The molecule has 0 aliphatic rings. The van der Waals surface area contributed by atoms with Gasteiger partial charge < -0.3 is 10.4 Å². The summed E-state index contributed by atoms with van der Waals surface area (Å²) in [6.07, 6.45) is 0.578. The molecule has 0 saturated carbocycles. The zero-order valence-corrected chi connectivity index (χ0v) is 14.4. The summed E-state index contributed by atoms with van der Waals surface area (Å²) in [6, 6.07) is 12.9. The van der Waals surface area contributed by atoms with Gasteiger partial charge in [-0.3, -0.25) is 4.79 Å². The number of rotatable bonds is 7. The minimum atomic E-state index is -0.992. The smallest absolute Gasteiger partial charge is 0.335 e. The van der Waals surface area contributed by atoms with E-state index in [9.17, 15) is 14.0 Å². The Labute approximate surface area is 146 Å². The van der Waals surface area contributed by atoms with E-state index in [-0.39, 0.29) is 29.1 Å². The molecule has 0 atom stereocenters. The summed E-state index contributed by atoms with van der Waals surface area (Å²) < 4.78 is 13.0. The number of hydrogen-bond acceptors (Lipinski definition) is 2. The fraction of sp³-hybridized carbons (Fsp3) is 0.300. The van der Waals surface area contributed by atoms with Gasteiger partial charge in [0.25, 0.3) is 0 Å². The van der Waals surface area contributed by atoms with Gasteiger partial charge in [0.2, 0.25) is 5.91 Å². The van der Waals surface area contributed by atoms with E-state index in [4.69, 9.17) is 5.11 Å². The lowest BCUT2D eigenvalue weighted by Gasteiger charge is -2.25. The number of carboxylic acid groups (broad SMARTS) is 1. The maximum absolute atomic E-state index is 13.0. The number of carbonyl (C=O) groups is 2. The van der Waals surface area contributed by atoms with Crippen LogP contribution in [-0.2, 0) is 16.6 Å². The Morgan fingerprint density at radius 2 is 1.72 bits per heavy atom. The fourth-order valence-corrected chi connectivity index (χ4v) is 2.61. The number of aryl methyl sites for hydroxylation is 1. The van der Waals surface area contributed by atoms with Gasteiger partial charge in [-0.05, 0) is 35.7 Å². The first-order valence-corrected chi connectivity index (χ1v) is 8.13. The van der Waals surface area contributed by atoms with Crippen LogP contribution in [0.25, 0.3) is 0 Å². The lowest BCUT2D eigenvalue weighted by molar-refractivity contribution is -0.121. The van der Waals surface area contributed by atoms with Crippen LogP contribution in [0.4, 0.5) is 4.39 Å². The quantitative estimate of drug-likeness (QED) is 0.808. The number of aromatic carboxylic acids is 1. The van der Waals surface area contributed by atoms with Gasteiger partial charge in [0.05, 0.1) is 5.56 Å². The largest absolute Gasteiger partial charge is 0.478 e. The predicted octanol–water partition coefficient (Wildman–Crippen LogP) is 3.55. The lowest BCUT2D eigenvalue weighted by atomic mass is 9.84. The molecule has 1 amide bonds. The SMILES string of the molecule is CC(C)(CNC(=O)CCc1ccccc1C(=O)O)c1ccc(F)cc1. The Balaban J connectivity index is 1.90. The van der Waals surface area contributed by atoms with Crippen molar-refractivity contribution in [2.24, 2.45) is 0 Å². The van der Waals surface area contributed by atoms with E-state index in [1.807, 2.05) is 13.8 Å². The van der Waals surface area contributed by atoms with E-state index in [0.29, 0.717) is 18.5 Å². The highest BCUT2D eigenvalue weighted by molar-refractivity contribution is 5.89. The van der Waals surface area contributed by atoms with Crippen molar-refractivity contribution in [2.45, 2.75) is 32.1 Å². The normalized spacial score (nSPS) is 11.2. The van der Waals surface area contributed by atoms with E-state index in [1.54, 1.807) is 30.3 Å². The van der Waals surface area contributed by atoms with E-state index in [0.717, 1.165) is 5.56 Å². The summed E-state index contributed by atoms with van der Waals surface area (Å²) in [5.41, 5.74) is 1.47. The molecule has 2 aromatic carbocycles. The molecule has 0 aromatic heterocycles. The number of benzene rings is 2. The van der Waals surface area contributed by atoms with Crippen molar-refractivity contribution >= 4 is 11.9 Å². The molecule has 5 heteroatoms. The Hall–Kier alpha value is -2.69. The van der Waals surface area contributed by atoms with Crippen LogP contribution >= 0.6 is 0 Å². The van der Waals surface area contributed by atoms with E-state index >= 15 is 0 Å². The molecule has 4 nitrogen and oxygen atoms in total. The average molecular weight is 343 g/mol. The van der Waals surface area contributed by atoms with Gasteiger partial charge in [-0.25, -0.2) is 9.18 Å². The second kappa shape index (κ2) is 7.92. The summed E-state index contributed by atoms with van der Waals surface area (Å²) in [6.45, 7) is 4.36. The van der Waals surface area contributed by atoms with Crippen LogP contribution in [0.5, 0.6) is 0 Å². The Bertz CT molecular complexity index is 754. The first-order chi connectivity index (χ1) is 11.8. The zero-order chi connectivity index (χ0) is 18.4. The summed E-state index contributed by atoms with van der Waals surface area (Å²) in [4.78, 5) is 23.3. The molecule has 0 bridgehead atoms. The molecule has 0 saturated heterocycles. The van der Waals surface area contributed by atoms with Gasteiger partial charge in [0.1, 0.15) is 5.82 Å². The summed E-state index contributed by atoms with van der Waals surface area (Å²) in [5, 5.41) is 12.0. The molecule has 132 valence electrons. The number of carboxylic acids is 1. The monoisotopic (exact) mass is 343 g/mol. The maximum atomic E-state index is 13.0. The van der Waals surface area contributed by atoms with Gasteiger partial charge in [-0.1, -0.05) is 44.2 Å². The third kappa shape index (κ3) is 5.14. The number of carbonyl (C=O) groups excluding carboxylic acids is 1. The Morgan fingerprint density at radius 3 is 2.36 bits per heavy atom. The molecular weight excluding hydrogens is 321 g/mol. The minimum Gasteiger partial charge on any atom is -0.478 e. The lowest BCUT2D eigenvalue weighted by Crippen LogP contribution is -2.36. The molecule has 2 rings (SSSR count). The number of halogens is 1. The molecule has 0 aliphatic heterocycles. The summed E-state index contributed by atoms with van der Waals surface area (Å²) >= 11 is 0. The maximum Gasteiger partial charge on any atom is 0.335 e. The first-order valence-electron chi connectivity index (χ1n) is 8.13. The second-order valence-electron chi connectivity index (χ2n) is 6.63. The highest BCUT2D eigenvalue weighted by Crippen LogP contribution is 2.22. The molecule has 0 spiro atoms. The van der Waals surface area contributed by atoms with Crippen LogP contribution in [0, 0.1) is 5.82 Å². The Kier molecular flexibility index (Phi) is 5.91. The fourth-order valence-electron chi connectivity index (χ4n) is 2.61. The second-order valence-corrected chi connectivity index (χ2v) is 6.63. The molecule has 25 heavy (non-hydrogen) atoms. The third-order valence-corrected chi connectivity index (χ3v) is 4.22. The molecule has 2 N–H and O–H groups in total. The molecule has 0 fully saturated rings. The van der Waals surface area contributed by atoms with Crippen LogP contribution in [0.3, 0.4) is 0 Å². The van der Waals surface area contributed by atoms with Crippen LogP contribution < -0.4 is 5.32 Å². The minimum absolute atomic E-state index is 0.143. The number of hydrogen-bond donors (Lipinski definition) is 2. The van der Waals surface area contributed by atoms with Crippen molar-refractivity contribution in [2.75, 3.05) is 6.54 Å². The van der Waals surface area contributed by atoms with Crippen molar-refractivity contribution < 1.29 is 19.1 Å². The van der Waals surface area contributed by atoms with Crippen molar-refractivity contribution in [3.05, 3.63) is 71.0 Å². The van der Waals surface area contributed by atoms with Gasteiger partial charge in [-0.15, -0.1) is 0 Å². The highest BCUT2D eigenvalue weighted by atomic mass is 19.1. The highest BCUT2D eigenvalue weighted by Gasteiger charge is 2.21. The van der Waals surface area contributed by atoms with Crippen LogP contribution in [0.2, 0.25) is 0 Å². The topological polar surface area (TPSA) is 66.4 Å². The van der Waals surface area contributed by atoms with Crippen molar-refractivity contribution in [3.8, 4) is 0 Å². The van der Waals surface area contributed by atoms with Gasteiger partial charge in [-0.2, -0.15) is 0 Å². The zero-order valence-electron chi connectivity index (χ0n) is 14.4. The number of nitrogens with one attached hydrogen (secondary N) is 1. The van der Waals surface area contributed by atoms with Crippen molar-refractivity contribution in [1.82, 2.24) is 5.32 Å². The first kappa shape index (κ1) is 18.6. The van der Waals surface area contributed by atoms with E-state index in [1.165, 1.54) is 18.2 Å². The van der Waals surface area contributed by atoms with Crippen molar-refractivity contribution in [3.63, 3.8) is 0 Å². The average Bonchev–Trinajstić information content (AvgIpc) is 2.59. The standard InChI is InChI=1S/C20H22FNO3/c1-20(2,15-8-10-16(21)11-9-15)13-22-18(23)12-7-14-5-3-4-6-17(14)19(24)25/h3-6,8-11H,7,12-13H2,1-2H3,(H,22,23)(H,24,25). The molecule has 0 radical (unpaired) electrons. The van der Waals surface area contributed by atoms with Crippen LogP contribution in [0.15, 0.2) is 48.5 Å². The molecular formula is C20H22FNO3. The predicted molar refractivity (Wildman–Crippen MR) is 94.2 cm³/mol. The molecule has 2 aromatic rings. The van der Waals surface area contributed by atoms with Crippen molar-refractivity contribution in [1.29, 1.82) is 0 Å². The van der Waals surface area contributed by atoms with Gasteiger partial charge in [0, 0.05) is 18.4 Å². The van der Waals surface area contributed by atoms with Gasteiger partial charge >= 0.3 is 5.97 Å². The Morgan fingerprint density at radius 1 is 1.08 bits per heavy atom. The van der Waals surface area contributed by atoms with Crippen LogP contribution in [0.1, 0.15) is 41.8 Å². The molecule has 0 unspecified atom stereocenters. The van der Waals surface area contributed by atoms with Crippen LogP contribution in [-0.4, -0.2) is 23.5 Å².